The predicted octanol–water partition coefficient (Wildman–Crippen LogP) is 5.98. The van der Waals surface area contributed by atoms with Crippen molar-refractivity contribution in [3.05, 3.63) is 245 Å². The molecule has 0 spiro atoms. The molecule has 19 N–H and O–H groups in total. The summed E-state index contributed by atoms with van der Waals surface area (Å²) in [6, 6.07) is 20.6. The second-order valence-electron chi connectivity index (χ2n) is 28.6. The summed E-state index contributed by atoms with van der Waals surface area (Å²) >= 11 is 14.2. The van der Waals surface area contributed by atoms with E-state index in [0.717, 1.165) is 96.9 Å². The number of carbonyl (C=O) groups excluding carboxylic acids is 7. The van der Waals surface area contributed by atoms with E-state index >= 15 is 28.8 Å². The summed E-state index contributed by atoms with van der Waals surface area (Å²) in [5, 5.41) is 137. The van der Waals surface area contributed by atoms with Gasteiger partial charge in [-0.05, 0) is 129 Å². The lowest BCUT2D eigenvalue weighted by atomic mass is 9.89. The standard InChI is InChI=1S/C83H69Cl2N9O25/c1-33(96)87-68-74(106)71(103)59(32-95)118-83(68)119-75-40-14-18-55(49(85)24-40)117-58-27-42-26-57(70(58)102)116-54-17-9-35(19-48(54)84)20-50-76(107)90-63(79(110)92-64(42)80(111)91-62-38-12-15-51(99)46(23-38)60-47(29-44(98)30-53(60)101)65(82(113)114)93-81(112)69(75)94-78(62)109)41-21-43(97)28-45(22-41)115-56-25-39(13-16-52(56)100)61(77(108)88-50)89-67-66(72(104)73(67)105)86-31-34-7-10-37(11-8-34)36-5-3-2-4-6-36/h2-19,21-30,50,59,61-65,68-69,71,74-75,83,86,89,95,97-103,106H,20,31-32H2,1H3,(H,87,96)(H,88,108)(H,90,107)(H,91,111)(H,92,110)(H,93,112)(H,94,109)(H,113,114)/t50-,59-,61-,62-,63+,64-,65-,68-,69+,71-,74-,75-,83+/m1/s1. The van der Waals surface area contributed by atoms with Gasteiger partial charge in [0.15, 0.2) is 35.3 Å². The molecule has 7 amide bonds. The number of nitrogens with one attached hydrogen (secondary N) is 9. The lowest BCUT2D eigenvalue weighted by molar-refractivity contribution is -0.284. The van der Waals surface area contributed by atoms with Gasteiger partial charge in [0.05, 0.1) is 16.7 Å². The van der Waals surface area contributed by atoms with Crippen LogP contribution in [0.5, 0.6) is 69.0 Å². The van der Waals surface area contributed by atoms with Crippen molar-refractivity contribution < 1.29 is 113 Å². The molecule has 1 saturated heterocycles. The first-order chi connectivity index (χ1) is 56.9. The van der Waals surface area contributed by atoms with Crippen LogP contribution in [0.25, 0.3) is 22.3 Å². The van der Waals surface area contributed by atoms with Crippen molar-refractivity contribution in [3.8, 4) is 91.2 Å². The number of phenols is 6. The SMILES string of the molecule is CC(=O)N[C@H]1[C@H](O[C@@H]2c3ccc(c(Cl)c3)Oc3cc4cc(c3O)Oc3ccc(cc3Cl)C[C@H]3NC(=O)[C@H](Nc5c(NCc6ccc(-c7ccccc7)cc6)c(=O)c5=O)c5ccc(O)c(c5)Oc5cc(O)cc(c5)[C@H](NC3=O)C(=O)N[C@H]4C(=O)N[C@H]3C(=O)N[C@@H]2C(=O)N[C@@H](C(=O)O)c2cc(O)cc(O)c2-c2cc3ccc2O)O[C@H](CO)[C@@H](O)[C@@H]1O. The van der Waals surface area contributed by atoms with Gasteiger partial charge in [0.2, 0.25) is 47.1 Å². The number of rotatable bonds is 11. The maximum Gasteiger partial charge on any atom is 0.330 e. The Hall–Kier alpha value is -14.0. The molecule has 0 aliphatic carbocycles. The van der Waals surface area contributed by atoms with Gasteiger partial charge in [-0.2, -0.15) is 0 Å². The average Bonchev–Trinajstić information content (AvgIpc) is 0.769. The minimum atomic E-state index is -2.42. The summed E-state index contributed by atoms with van der Waals surface area (Å²) in [6.07, 6.45) is -10.5. The Morgan fingerprint density at radius 2 is 1.13 bits per heavy atom. The quantitative estimate of drug-likeness (QED) is 0.0662. The van der Waals surface area contributed by atoms with E-state index in [-0.39, 0.29) is 56.7 Å². The van der Waals surface area contributed by atoms with Crippen molar-refractivity contribution >= 4 is 81.9 Å². The molecule has 1 fully saturated rings. The summed E-state index contributed by atoms with van der Waals surface area (Å²) in [6.45, 7) is 0.00947. The van der Waals surface area contributed by atoms with E-state index in [0.29, 0.717) is 5.56 Å². The number of ether oxygens (including phenoxy) is 5. The number of fused-ring (bicyclic) bond motifs is 14. The highest BCUT2D eigenvalue weighted by Gasteiger charge is 2.50. The third-order valence-corrected chi connectivity index (χ3v) is 21.2. The summed E-state index contributed by atoms with van der Waals surface area (Å²) < 4.78 is 31.5. The van der Waals surface area contributed by atoms with Gasteiger partial charge in [0.1, 0.15) is 118 Å². The summed E-state index contributed by atoms with van der Waals surface area (Å²) in [7, 11) is 0. The fraction of sp³-hybridized carbons (Fsp3) is 0.205. The molecule has 119 heavy (non-hydrogen) atoms. The summed E-state index contributed by atoms with van der Waals surface area (Å²) in [4.78, 5) is 149. The van der Waals surface area contributed by atoms with Crippen molar-refractivity contribution in [1.29, 1.82) is 0 Å². The summed E-state index contributed by atoms with van der Waals surface area (Å²) in [5.74, 6) is -18.1. The Morgan fingerprint density at radius 1 is 0.529 bits per heavy atom. The molecular weight excluding hydrogens is 1590 g/mol. The molecule has 36 heteroatoms. The molecule has 10 aromatic rings. The lowest BCUT2D eigenvalue weighted by Crippen LogP contribution is -2.65. The monoisotopic (exact) mass is 1660 g/mol. The molecule has 7 heterocycles. The maximum absolute atomic E-state index is 16.4. The number of hydrogen-bond acceptors (Lipinski definition) is 26. The number of aliphatic carboxylic acids is 1. The van der Waals surface area contributed by atoms with Gasteiger partial charge in [-0.3, -0.25) is 43.2 Å². The molecule has 7 aliphatic rings. The second kappa shape index (κ2) is 32.6. The van der Waals surface area contributed by atoms with E-state index in [9.17, 15) is 70.2 Å². The molecular formula is C83H69Cl2N9O25. The Bertz CT molecular complexity index is 5890. The number of hydrogen-bond donors (Lipinski definition) is 19. The number of carboxylic acids is 1. The molecule has 0 unspecified atom stereocenters. The first kappa shape index (κ1) is 80.2. The van der Waals surface area contributed by atoms with Crippen molar-refractivity contribution in [2.45, 2.75) is 98.9 Å². The topological polar surface area (TPSA) is 527 Å². The summed E-state index contributed by atoms with van der Waals surface area (Å²) in [5.41, 5.74) is -3.10. The van der Waals surface area contributed by atoms with Gasteiger partial charge < -0.3 is 123 Å². The third kappa shape index (κ3) is 16.1. The zero-order chi connectivity index (χ0) is 84.3. The van der Waals surface area contributed by atoms with Crippen LogP contribution in [0.3, 0.4) is 0 Å². The van der Waals surface area contributed by atoms with Crippen molar-refractivity contribution in [2.75, 3.05) is 17.2 Å². The molecule has 610 valence electrons. The normalized spacial score (nSPS) is 22.9. The van der Waals surface area contributed by atoms with Gasteiger partial charge in [0, 0.05) is 48.7 Å². The fourth-order valence-electron chi connectivity index (χ4n) is 14.7. The molecule has 7 aliphatic heterocycles. The molecule has 17 bridgehead atoms. The maximum atomic E-state index is 16.4. The zero-order valence-electron chi connectivity index (χ0n) is 61.6. The van der Waals surface area contributed by atoms with E-state index in [1.54, 1.807) is 0 Å². The smallest absolute Gasteiger partial charge is 0.330 e. The van der Waals surface area contributed by atoms with Crippen LogP contribution in [-0.4, -0.2) is 148 Å². The molecule has 17 rings (SSSR count). The Kier molecular flexibility index (Phi) is 22.0. The Labute approximate surface area is 681 Å². The van der Waals surface area contributed by atoms with Gasteiger partial charge in [-0.1, -0.05) is 102 Å². The predicted molar refractivity (Wildman–Crippen MR) is 419 cm³/mol. The number of carboxylic acid groups (broad SMARTS) is 1. The average molecular weight is 1660 g/mol. The van der Waals surface area contributed by atoms with E-state index in [4.69, 9.17) is 46.9 Å². The number of phenolic OH excluding ortho intramolecular Hbond substituents is 6. The lowest BCUT2D eigenvalue weighted by Gasteiger charge is -2.44. The third-order valence-electron chi connectivity index (χ3n) is 20.6. The molecule has 0 aromatic heterocycles. The fourth-order valence-corrected chi connectivity index (χ4v) is 15.2. The van der Waals surface area contributed by atoms with Crippen molar-refractivity contribution in [3.63, 3.8) is 0 Å². The van der Waals surface area contributed by atoms with Crippen LogP contribution < -0.4 is 72.9 Å². The number of amides is 7. The Balaban J connectivity index is 0.878. The van der Waals surface area contributed by atoms with E-state index in [1.807, 2.05) is 54.6 Å². The van der Waals surface area contributed by atoms with Crippen LogP contribution in [0, 0.1) is 0 Å². The van der Waals surface area contributed by atoms with Crippen LogP contribution in [0.2, 0.25) is 10.0 Å². The minimum absolute atomic E-state index is 0.0148. The van der Waals surface area contributed by atoms with E-state index in [2.05, 4.69) is 47.9 Å². The molecule has 10 aromatic carbocycles. The molecule has 0 radical (unpaired) electrons. The number of aliphatic hydroxyl groups is 3. The highest BCUT2D eigenvalue weighted by Crippen LogP contribution is 2.49. The Morgan fingerprint density at radius 3 is 1.81 bits per heavy atom. The highest BCUT2D eigenvalue weighted by atomic mass is 35.5. The van der Waals surface area contributed by atoms with Crippen LogP contribution >= 0.6 is 23.2 Å². The van der Waals surface area contributed by atoms with Crippen LogP contribution in [0.1, 0.15) is 87.7 Å². The van der Waals surface area contributed by atoms with Crippen molar-refractivity contribution in [1.82, 2.24) is 37.2 Å². The first-order valence-electron chi connectivity index (χ1n) is 36.6. The highest BCUT2D eigenvalue weighted by molar-refractivity contribution is 6.32. The zero-order valence-corrected chi connectivity index (χ0v) is 63.2. The number of aliphatic hydroxyl groups excluding tert-OH is 3. The van der Waals surface area contributed by atoms with Crippen LogP contribution in [-0.2, 0) is 60.8 Å². The first-order valence-corrected chi connectivity index (χ1v) is 37.3. The number of anilines is 2. The number of halogens is 2. The van der Waals surface area contributed by atoms with Gasteiger partial charge in [-0.15, -0.1) is 0 Å². The molecule has 34 nitrogen and oxygen atoms in total. The number of carbonyl (C=O) groups is 8. The van der Waals surface area contributed by atoms with Gasteiger partial charge >= 0.3 is 5.97 Å². The van der Waals surface area contributed by atoms with Crippen LogP contribution in [0.15, 0.2) is 179 Å². The van der Waals surface area contributed by atoms with Gasteiger partial charge in [0.25, 0.3) is 10.9 Å². The number of aromatic hydroxyl groups is 6. The minimum Gasteiger partial charge on any atom is -0.508 e. The number of benzene rings is 9. The van der Waals surface area contributed by atoms with Gasteiger partial charge in [-0.25, -0.2) is 4.79 Å². The largest absolute Gasteiger partial charge is 0.508 e. The van der Waals surface area contributed by atoms with E-state index < -0.39 is 241 Å². The van der Waals surface area contributed by atoms with E-state index in [1.165, 1.54) is 36.4 Å². The second-order valence-corrected chi connectivity index (χ2v) is 29.4. The van der Waals surface area contributed by atoms with Crippen molar-refractivity contribution in [2.24, 2.45) is 0 Å². The molecule has 13 atom stereocenters. The molecule has 0 saturated carbocycles. The van der Waals surface area contributed by atoms with Crippen LogP contribution in [0.4, 0.5) is 11.4 Å².